The van der Waals surface area contributed by atoms with Gasteiger partial charge in [0.05, 0.1) is 5.52 Å². The Kier molecular flexibility index (Phi) is 5.26. The highest BCUT2D eigenvalue weighted by Crippen LogP contribution is 2.16. The van der Waals surface area contributed by atoms with E-state index in [0.717, 1.165) is 12.8 Å². The van der Waals surface area contributed by atoms with Crippen LogP contribution in [0.4, 0.5) is 10.1 Å². The lowest BCUT2D eigenvalue weighted by Gasteiger charge is -2.03. The molecule has 0 radical (unpaired) electrons. The minimum absolute atomic E-state index is 0.107. The molecule has 26 heavy (non-hydrogen) atoms. The molecular formula is C19H19FN4O2. The highest BCUT2D eigenvalue weighted by Gasteiger charge is 2.21. The number of halogens is 1. The Balaban J connectivity index is 1.91. The summed E-state index contributed by atoms with van der Waals surface area (Å²) in [6.07, 6.45) is 3.50. The third-order valence-corrected chi connectivity index (χ3v) is 3.86. The Hall–Kier alpha value is -3.22. The number of aromatic nitrogens is 2. The molecule has 7 heteroatoms. The molecule has 0 spiro atoms. The number of carbonyl (C=O) groups is 2. The summed E-state index contributed by atoms with van der Waals surface area (Å²) in [5.74, 6) is -1.16. The van der Waals surface area contributed by atoms with E-state index in [1.54, 1.807) is 34.9 Å². The number of hydrogen-bond acceptors (Lipinski definition) is 3. The van der Waals surface area contributed by atoms with E-state index in [9.17, 15) is 14.0 Å². The number of carbonyl (C=O) groups excluding carboxylic acids is 2. The van der Waals surface area contributed by atoms with Crippen molar-refractivity contribution < 1.29 is 14.0 Å². The molecule has 0 saturated carbocycles. The van der Waals surface area contributed by atoms with Crippen molar-refractivity contribution in [1.82, 2.24) is 14.7 Å². The van der Waals surface area contributed by atoms with Gasteiger partial charge in [-0.3, -0.25) is 14.0 Å². The molecule has 2 aromatic heterocycles. The minimum Gasteiger partial charge on any atom is -0.349 e. The van der Waals surface area contributed by atoms with Crippen LogP contribution >= 0.6 is 0 Å². The first-order valence-corrected chi connectivity index (χ1v) is 8.42. The molecule has 2 heterocycles. The zero-order valence-electron chi connectivity index (χ0n) is 14.3. The number of benzene rings is 1. The van der Waals surface area contributed by atoms with E-state index in [4.69, 9.17) is 0 Å². The van der Waals surface area contributed by atoms with Crippen LogP contribution in [-0.4, -0.2) is 27.7 Å². The fourth-order valence-corrected chi connectivity index (χ4v) is 2.58. The SMILES string of the molecule is CCCCNC(=O)c1nc(C(=O)Nc2cccc(F)c2)c2ccccn12. The van der Waals surface area contributed by atoms with Crippen molar-refractivity contribution >= 4 is 23.0 Å². The molecule has 3 rings (SSSR count). The number of unbranched alkanes of at least 4 members (excludes halogenated alkanes) is 1. The third-order valence-electron chi connectivity index (χ3n) is 3.86. The number of nitrogens with one attached hydrogen (secondary N) is 2. The average molecular weight is 354 g/mol. The second kappa shape index (κ2) is 7.77. The van der Waals surface area contributed by atoms with E-state index in [2.05, 4.69) is 15.6 Å². The molecule has 3 aromatic rings. The molecule has 0 aliphatic heterocycles. The Labute approximate surface area is 150 Å². The maximum Gasteiger partial charge on any atom is 0.287 e. The first-order chi connectivity index (χ1) is 12.6. The highest BCUT2D eigenvalue weighted by atomic mass is 19.1. The van der Waals surface area contributed by atoms with Crippen molar-refractivity contribution in [3.05, 3.63) is 66.0 Å². The predicted octanol–water partition coefficient (Wildman–Crippen LogP) is 3.26. The van der Waals surface area contributed by atoms with Gasteiger partial charge in [0.25, 0.3) is 11.8 Å². The smallest absolute Gasteiger partial charge is 0.287 e. The van der Waals surface area contributed by atoms with Crippen molar-refractivity contribution in [3.63, 3.8) is 0 Å². The van der Waals surface area contributed by atoms with Crippen LogP contribution in [0.15, 0.2) is 48.7 Å². The number of anilines is 1. The maximum absolute atomic E-state index is 13.3. The second-order valence-corrected chi connectivity index (χ2v) is 5.81. The van der Waals surface area contributed by atoms with Gasteiger partial charge in [0.2, 0.25) is 5.82 Å². The normalized spacial score (nSPS) is 10.7. The predicted molar refractivity (Wildman–Crippen MR) is 96.8 cm³/mol. The van der Waals surface area contributed by atoms with E-state index >= 15 is 0 Å². The third kappa shape index (κ3) is 3.72. The second-order valence-electron chi connectivity index (χ2n) is 5.81. The zero-order valence-corrected chi connectivity index (χ0v) is 14.3. The molecule has 6 nitrogen and oxygen atoms in total. The Bertz CT molecular complexity index is 952. The quantitative estimate of drug-likeness (QED) is 0.667. The molecule has 2 N–H and O–H groups in total. The van der Waals surface area contributed by atoms with E-state index in [1.807, 2.05) is 6.92 Å². The summed E-state index contributed by atoms with van der Waals surface area (Å²) in [5.41, 5.74) is 0.929. The molecule has 2 amide bonds. The molecule has 0 unspecified atom stereocenters. The number of pyridine rings is 1. The van der Waals surface area contributed by atoms with Gasteiger partial charge >= 0.3 is 0 Å². The molecule has 0 fully saturated rings. The van der Waals surface area contributed by atoms with Crippen LogP contribution in [0.2, 0.25) is 0 Å². The van der Waals surface area contributed by atoms with Gasteiger partial charge in [0, 0.05) is 18.4 Å². The lowest BCUT2D eigenvalue weighted by Crippen LogP contribution is -2.26. The number of nitrogens with zero attached hydrogens (tertiary/aromatic N) is 2. The van der Waals surface area contributed by atoms with Crippen LogP contribution in [-0.2, 0) is 0 Å². The lowest BCUT2D eigenvalue weighted by atomic mass is 10.2. The van der Waals surface area contributed by atoms with E-state index < -0.39 is 11.7 Å². The summed E-state index contributed by atoms with van der Waals surface area (Å²) >= 11 is 0. The standard InChI is InChI=1S/C19H19FN4O2/c1-2-3-10-21-19(26)17-23-16(15-9-4-5-11-24(15)17)18(25)22-14-8-6-7-13(20)12-14/h4-9,11-12H,2-3,10H2,1H3,(H,21,26)(H,22,25). The number of amides is 2. The lowest BCUT2D eigenvalue weighted by molar-refractivity contribution is 0.0942. The first-order valence-electron chi connectivity index (χ1n) is 8.42. The van der Waals surface area contributed by atoms with E-state index in [-0.39, 0.29) is 17.4 Å². The fourth-order valence-electron chi connectivity index (χ4n) is 2.58. The van der Waals surface area contributed by atoms with Gasteiger partial charge in [-0.15, -0.1) is 0 Å². The Morgan fingerprint density at radius 2 is 2.00 bits per heavy atom. The molecule has 0 bridgehead atoms. The zero-order chi connectivity index (χ0) is 18.5. The van der Waals surface area contributed by atoms with Crippen molar-refractivity contribution in [2.45, 2.75) is 19.8 Å². The molecule has 134 valence electrons. The van der Waals surface area contributed by atoms with Crippen LogP contribution < -0.4 is 10.6 Å². The molecule has 0 aliphatic rings. The molecule has 0 aliphatic carbocycles. The number of rotatable bonds is 6. The van der Waals surface area contributed by atoms with Crippen LogP contribution in [0.1, 0.15) is 40.9 Å². The fraction of sp³-hybridized carbons (Fsp3) is 0.211. The van der Waals surface area contributed by atoms with Gasteiger partial charge < -0.3 is 10.6 Å². The van der Waals surface area contributed by atoms with Crippen molar-refractivity contribution in [1.29, 1.82) is 0 Å². The summed E-state index contributed by atoms with van der Waals surface area (Å²) in [6.45, 7) is 2.58. The Morgan fingerprint density at radius 3 is 2.77 bits per heavy atom. The van der Waals surface area contributed by atoms with E-state index in [1.165, 1.54) is 18.2 Å². The van der Waals surface area contributed by atoms with Gasteiger partial charge in [0.15, 0.2) is 5.69 Å². The van der Waals surface area contributed by atoms with Crippen LogP contribution in [0.3, 0.4) is 0 Å². The van der Waals surface area contributed by atoms with Gasteiger partial charge in [0.1, 0.15) is 5.82 Å². The van der Waals surface area contributed by atoms with Gasteiger partial charge in [-0.1, -0.05) is 25.5 Å². The monoisotopic (exact) mass is 354 g/mol. The molecule has 1 aromatic carbocycles. The van der Waals surface area contributed by atoms with Crippen molar-refractivity contribution in [2.75, 3.05) is 11.9 Å². The van der Waals surface area contributed by atoms with Crippen LogP contribution in [0.25, 0.3) is 5.52 Å². The number of imidazole rings is 1. The number of fused-ring (bicyclic) bond motifs is 1. The summed E-state index contributed by atoms with van der Waals surface area (Å²) in [5, 5.41) is 5.41. The summed E-state index contributed by atoms with van der Waals surface area (Å²) < 4.78 is 14.9. The minimum atomic E-state index is -0.507. The van der Waals surface area contributed by atoms with Gasteiger partial charge in [-0.2, -0.15) is 0 Å². The maximum atomic E-state index is 13.3. The summed E-state index contributed by atoms with van der Waals surface area (Å²) in [7, 11) is 0. The number of hydrogen-bond donors (Lipinski definition) is 2. The largest absolute Gasteiger partial charge is 0.349 e. The highest BCUT2D eigenvalue weighted by molar-refractivity contribution is 6.08. The molecule has 0 atom stereocenters. The first kappa shape index (κ1) is 17.6. The summed E-state index contributed by atoms with van der Waals surface area (Å²) in [6, 6.07) is 10.8. The van der Waals surface area contributed by atoms with Crippen LogP contribution in [0, 0.1) is 5.82 Å². The van der Waals surface area contributed by atoms with E-state index in [0.29, 0.717) is 17.7 Å². The van der Waals surface area contributed by atoms with Crippen molar-refractivity contribution in [2.24, 2.45) is 0 Å². The van der Waals surface area contributed by atoms with Gasteiger partial charge in [-0.25, -0.2) is 9.37 Å². The van der Waals surface area contributed by atoms with Crippen LogP contribution in [0.5, 0.6) is 0 Å². The topological polar surface area (TPSA) is 75.5 Å². The summed E-state index contributed by atoms with van der Waals surface area (Å²) in [4.78, 5) is 29.2. The molecule has 0 saturated heterocycles. The Morgan fingerprint density at radius 1 is 1.15 bits per heavy atom. The van der Waals surface area contributed by atoms with Crippen molar-refractivity contribution in [3.8, 4) is 0 Å². The molecular weight excluding hydrogens is 335 g/mol. The average Bonchev–Trinajstić information content (AvgIpc) is 3.02. The van der Waals surface area contributed by atoms with Gasteiger partial charge in [-0.05, 0) is 36.8 Å².